The average Bonchev–Trinajstić information content (AvgIpc) is 2.83. The maximum atomic E-state index is 12.9. The smallest absolute Gasteiger partial charge is 0.329 e. The number of fused-ring (bicyclic) bond motifs is 1. The molecule has 1 aromatic carbocycles. The van der Waals surface area contributed by atoms with E-state index in [1.165, 1.54) is 0 Å². The maximum Gasteiger partial charge on any atom is 0.329 e. The SMILES string of the molecule is CCC(O)Cn1c(=O)n(CC(O)CC)c2c(Br)c(Br)c(Br)c(Br)c21. The number of halogens is 4. The normalized spacial score (nSPS) is 14.3. The first kappa shape index (κ1) is 20.6. The quantitative estimate of drug-likeness (QED) is 0.386. The zero-order chi connectivity index (χ0) is 18.2. The predicted molar refractivity (Wildman–Crippen MR) is 110 cm³/mol. The van der Waals surface area contributed by atoms with Crippen LogP contribution in [0.3, 0.4) is 0 Å². The second-order valence-electron chi connectivity index (χ2n) is 5.58. The highest BCUT2D eigenvalue weighted by Crippen LogP contribution is 2.43. The molecular formula is C15H18Br4N2O3. The van der Waals surface area contributed by atoms with Crippen molar-refractivity contribution in [1.29, 1.82) is 0 Å². The van der Waals surface area contributed by atoms with Crippen LogP contribution >= 0.6 is 63.7 Å². The molecule has 5 nitrogen and oxygen atoms in total. The van der Waals surface area contributed by atoms with E-state index >= 15 is 0 Å². The third-order valence-corrected chi connectivity index (χ3v) is 8.68. The van der Waals surface area contributed by atoms with E-state index in [4.69, 9.17) is 0 Å². The molecule has 24 heavy (non-hydrogen) atoms. The molecule has 0 saturated carbocycles. The Balaban J connectivity index is 2.86. The fourth-order valence-corrected chi connectivity index (χ4v) is 4.96. The van der Waals surface area contributed by atoms with Crippen molar-refractivity contribution in [1.82, 2.24) is 9.13 Å². The highest BCUT2D eigenvalue weighted by Gasteiger charge is 2.24. The van der Waals surface area contributed by atoms with Crippen LogP contribution in [-0.4, -0.2) is 31.6 Å². The van der Waals surface area contributed by atoms with Gasteiger partial charge in [0.15, 0.2) is 0 Å². The summed E-state index contributed by atoms with van der Waals surface area (Å²) in [5, 5.41) is 20.1. The molecule has 2 N–H and O–H groups in total. The third kappa shape index (κ3) is 3.71. The van der Waals surface area contributed by atoms with Crippen LogP contribution in [0.5, 0.6) is 0 Å². The van der Waals surface area contributed by atoms with Gasteiger partial charge in [-0.15, -0.1) is 0 Å². The van der Waals surface area contributed by atoms with Crippen molar-refractivity contribution in [3.8, 4) is 0 Å². The summed E-state index contributed by atoms with van der Waals surface area (Å²) in [7, 11) is 0. The first-order chi connectivity index (χ1) is 11.2. The molecule has 0 amide bonds. The molecule has 1 aromatic heterocycles. The van der Waals surface area contributed by atoms with Gasteiger partial charge in [0.2, 0.25) is 0 Å². The fourth-order valence-electron chi connectivity index (χ4n) is 2.46. The van der Waals surface area contributed by atoms with Gasteiger partial charge >= 0.3 is 5.69 Å². The summed E-state index contributed by atoms with van der Waals surface area (Å²) in [5.74, 6) is 0. The van der Waals surface area contributed by atoms with E-state index in [0.29, 0.717) is 23.9 Å². The molecule has 2 atom stereocenters. The number of nitrogens with zero attached hydrogens (tertiary/aromatic N) is 2. The van der Waals surface area contributed by atoms with Gasteiger partial charge in [0.1, 0.15) is 0 Å². The Morgan fingerprint density at radius 3 is 1.42 bits per heavy atom. The van der Waals surface area contributed by atoms with E-state index in [1.807, 2.05) is 13.8 Å². The Morgan fingerprint density at radius 1 is 0.792 bits per heavy atom. The number of benzene rings is 1. The van der Waals surface area contributed by atoms with Crippen LogP contribution in [0.1, 0.15) is 26.7 Å². The highest BCUT2D eigenvalue weighted by atomic mass is 79.9. The summed E-state index contributed by atoms with van der Waals surface area (Å²) in [5.41, 5.74) is 1.10. The fraction of sp³-hybridized carbons (Fsp3) is 0.533. The van der Waals surface area contributed by atoms with Gasteiger partial charge in [0, 0.05) is 8.95 Å². The van der Waals surface area contributed by atoms with E-state index in [0.717, 1.165) is 17.9 Å². The molecule has 1 heterocycles. The summed E-state index contributed by atoms with van der Waals surface area (Å²) in [6, 6.07) is 0. The van der Waals surface area contributed by atoms with Gasteiger partial charge < -0.3 is 10.2 Å². The van der Waals surface area contributed by atoms with Crippen LogP contribution in [0.2, 0.25) is 0 Å². The summed E-state index contributed by atoms with van der Waals surface area (Å²) in [4.78, 5) is 12.9. The van der Waals surface area contributed by atoms with Crippen LogP contribution in [0.25, 0.3) is 11.0 Å². The number of imidazole rings is 1. The van der Waals surface area contributed by atoms with Crippen molar-refractivity contribution in [2.45, 2.75) is 52.0 Å². The summed E-state index contributed by atoms with van der Waals surface area (Å²) < 4.78 is 6.09. The lowest BCUT2D eigenvalue weighted by atomic mass is 10.2. The number of aliphatic hydroxyl groups excluding tert-OH is 2. The summed E-state index contributed by atoms with van der Waals surface area (Å²) >= 11 is 14.1. The predicted octanol–water partition coefficient (Wildman–Crippen LogP) is 4.39. The molecule has 2 rings (SSSR count). The highest BCUT2D eigenvalue weighted by molar-refractivity contribution is 9.15. The molecule has 0 aliphatic heterocycles. The van der Waals surface area contributed by atoms with Gasteiger partial charge in [-0.3, -0.25) is 9.13 Å². The molecule has 0 aliphatic carbocycles. The number of hydrogen-bond donors (Lipinski definition) is 2. The van der Waals surface area contributed by atoms with Crippen molar-refractivity contribution in [2.75, 3.05) is 0 Å². The van der Waals surface area contributed by atoms with Gasteiger partial charge in [-0.25, -0.2) is 4.79 Å². The zero-order valence-corrected chi connectivity index (χ0v) is 19.5. The van der Waals surface area contributed by atoms with Crippen molar-refractivity contribution < 1.29 is 10.2 Å². The second-order valence-corrected chi connectivity index (χ2v) is 8.75. The monoisotopic (exact) mass is 590 g/mol. The third-order valence-electron chi connectivity index (χ3n) is 3.95. The van der Waals surface area contributed by atoms with Crippen molar-refractivity contribution in [2.24, 2.45) is 0 Å². The minimum Gasteiger partial charge on any atom is -0.391 e. The Morgan fingerprint density at radius 2 is 1.12 bits per heavy atom. The van der Waals surface area contributed by atoms with Gasteiger partial charge in [0.25, 0.3) is 0 Å². The van der Waals surface area contributed by atoms with Crippen molar-refractivity contribution in [3.63, 3.8) is 0 Å². The molecule has 0 saturated heterocycles. The van der Waals surface area contributed by atoms with Crippen molar-refractivity contribution >= 4 is 74.8 Å². The average molecular weight is 594 g/mol. The standard InChI is InChI=1S/C15H18Br4N2O3/c1-3-7(22)5-20-13-11(18)9(16)10(17)12(19)14(13)21(15(20)24)6-8(23)4-2/h7-8,22-23H,3-6H2,1-2H3. The van der Waals surface area contributed by atoms with Gasteiger partial charge in [-0.05, 0) is 76.6 Å². The molecule has 0 radical (unpaired) electrons. The summed E-state index contributed by atoms with van der Waals surface area (Å²) in [6.45, 7) is 4.13. The number of rotatable bonds is 6. The summed E-state index contributed by atoms with van der Waals surface area (Å²) in [6.07, 6.45) is -0.141. The molecule has 134 valence electrons. The number of aliphatic hydroxyl groups is 2. The van der Waals surface area contributed by atoms with Gasteiger partial charge in [0.05, 0.1) is 45.3 Å². The number of aromatic nitrogens is 2. The Hall–Kier alpha value is 0.330. The minimum atomic E-state index is -0.619. The van der Waals surface area contributed by atoms with E-state index < -0.39 is 12.2 Å². The van der Waals surface area contributed by atoms with E-state index in [2.05, 4.69) is 63.7 Å². The lowest BCUT2D eigenvalue weighted by molar-refractivity contribution is 0.144. The largest absolute Gasteiger partial charge is 0.391 e. The van der Waals surface area contributed by atoms with E-state index in [1.54, 1.807) is 9.13 Å². The Kier molecular flexibility index (Phi) is 7.18. The van der Waals surface area contributed by atoms with Crippen molar-refractivity contribution in [3.05, 3.63) is 28.4 Å². The minimum absolute atomic E-state index is 0.195. The molecular weight excluding hydrogens is 576 g/mol. The first-order valence-corrected chi connectivity index (χ1v) is 10.7. The van der Waals surface area contributed by atoms with Gasteiger partial charge in [-0.1, -0.05) is 13.8 Å². The Bertz CT molecular complexity index is 752. The molecule has 9 heteroatoms. The zero-order valence-electron chi connectivity index (χ0n) is 13.2. The van der Waals surface area contributed by atoms with Crippen LogP contribution < -0.4 is 5.69 Å². The second kappa shape index (κ2) is 8.35. The lowest BCUT2D eigenvalue weighted by Gasteiger charge is -2.12. The van der Waals surface area contributed by atoms with Crippen LogP contribution in [0.4, 0.5) is 0 Å². The molecule has 0 aliphatic rings. The van der Waals surface area contributed by atoms with Crippen LogP contribution in [-0.2, 0) is 13.1 Å². The van der Waals surface area contributed by atoms with E-state index in [-0.39, 0.29) is 18.8 Å². The molecule has 2 aromatic rings. The topological polar surface area (TPSA) is 67.4 Å². The van der Waals surface area contributed by atoms with E-state index in [9.17, 15) is 15.0 Å². The van der Waals surface area contributed by atoms with Crippen LogP contribution in [0, 0.1) is 0 Å². The molecule has 0 bridgehead atoms. The number of hydrogen-bond acceptors (Lipinski definition) is 3. The lowest BCUT2D eigenvalue weighted by Crippen LogP contribution is -2.31. The van der Waals surface area contributed by atoms with Crippen LogP contribution in [0.15, 0.2) is 22.7 Å². The molecule has 2 unspecified atom stereocenters. The Labute approximate surface area is 173 Å². The molecule has 0 fully saturated rings. The van der Waals surface area contributed by atoms with Gasteiger partial charge in [-0.2, -0.15) is 0 Å². The first-order valence-electron chi connectivity index (χ1n) is 7.55. The molecule has 0 spiro atoms. The maximum absolute atomic E-state index is 12.9.